The smallest absolute Gasteiger partial charge is 0.230 e. The number of thioether (sulfide) groups is 1. The van der Waals surface area contributed by atoms with Gasteiger partial charge in [0.05, 0.1) is 11.4 Å². The van der Waals surface area contributed by atoms with Gasteiger partial charge in [0.2, 0.25) is 11.1 Å². The molecular weight excluding hydrogens is 358 g/mol. The van der Waals surface area contributed by atoms with E-state index in [1.165, 1.54) is 11.8 Å². The minimum atomic E-state index is -0.0845. The largest absolute Gasteiger partial charge is 0.351 e. The number of carbonyl (C=O) groups is 1. The number of hydrogen-bond donors (Lipinski definition) is 1. The molecule has 1 heterocycles. The van der Waals surface area contributed by atoms with E-state index in [-0.39, 0.29) is 11.7 Å². The van der Waals surface area contributed by atoms with Gasteiger partial charge < -0.3 is 5.32 Å². The molecule has 6 nitrogen and oxygen atoms in total. The Hall–Kier alpha value is -2.38. The van der Waals surface area contributed by atoms with Crippen molar-refractivity contribution < 1.29 is 4.79 Å². The number of aromatic nitrogens is 4. The van der Waals surface area contributed by atoms with Crippen LogP contribution >= 0.6 is 23.4 Å². The molecule has 0 aliphatic heterocycles. The SMILES string of the molecule is Cc1cccc(-n2nnnc2SCC(=O)NCc2ccc(Cl)cc2)c1. The van der Waals surface area contributed by atoms with Gasteiger partial charge in [-0.2, -0.15) is 4.68 Å². The van der Waals surface area contributed by atoms with Crippen molar-refractivity contribution in [3.05, 3.63) is 64.7 Å². The average molecular weight is 374 g/mol. The van der Waals surface area contributed by atoms with Crippen molar-refractivity contribution in [1.29, 1.82) is 0 Å². The van der Waals surface area contributed by atoms with E-state index in [4.69, 9.17) is 11.6 Å². The van der Waals surface area contributed by atoms with E-state index in [9.17, 15) is 4.79 Å². The summed E-state index contributed by atoms with van der Waals surface area (Å²) >= 11 is 7.14. The Balaban J connectivity index is 1.56. The Labute approximate surface area is 154 Å². The topological polar surface area (TPSA) is 72.7 Å². The van der Waals surface area contributed by atoms with E-state index in [1.807, 2.05) is 43.3 Å². The molecule has 1 amide bonds. The summed E-state index contributed by atoms with van der Waals surface area (Å²) in [6, 6.07) is 15.2. The molecule has 3 aromatic rings. The zero-order valence-electron chi connectivity index (χ0n) is 13.5. The van der Waals surface area contributed by atoms with Crippen molar-refractivity contribution in [3.8, 4) is 5.69 Å². The van der Waals surface area contributed by atoms with Crippen LogP contribution in [0.1, 0.15) is 11.1 Å². The lowest BCUT2D eigenvalue weighted by molar-refractivity contribution is -0.118. The summed E-state index contributed by atoms with van der Waals surface area (Å²) in [5, 5.41) is 15.8. The number of rotatable bonds is 6. The van der Waals surface area contributed by atoms with Crippen LogP contribution in [0.5, 0.6) is 0 Å². The molecule has 8 heteroatoms. The van der Waals surface area contributed by atoms with E-state index in [2.05, 4.69) is 20.8 Å². The second-order valence-corrected chi connectivity index (χ2v) is 6.78. The Morgan fingerprint density at radius 1 is 1.24 bits per heavy atom. The minimum Gasteiger partial charge on any atom is -0.351 e. The third kappa shape index (κ3) is 4.80. The highest BCUT2D eigenvalue weighted by Crippen LogP contribution is 2.18. The Morgan fingerprint density at radius 2 is 2.04 bits per heavy atom. The molecule has 0 unspecified atom stereocenters. The number of benzene rings is 2. The second kappa shape index (κ2) is 8.13. The Morgan fingerprint density at radius 3 is 2.80 bits per heavy atom. The van der Waals surface area contributed by atoms with Gasteiger partial charge in [0.25, 0.3) is 0 Å². The van der Waals surface area contributed by atoms with Gasteiger partial charge in [0.15, 0.2) is 0 Å². The molecule has 0 saturated heterocycles. The van der Waals surface area contributed by atoms with E-state index in [0.29, 0.717) is 16.7 Å². The number of nitrogens with one attached hydrogen (secondary N) is 1. The van der Waals surface area contributed by atoms with E-state index < -0.39 is 0 Å². The summed E-state index contributed by atoms with van der Waals surface area (Å²) in [5.74, 6) is 0.151. The predicted molar refractivity (Wildman–Crippen MR) is 97.9 cm³/mol. The van der Waals surface area contributed by atoms with Crippen molar-refractivity contribution in [2.75, 3.05) is 5.75 Å². The zero-order valence-corrected chi connectivity index (χ0v) is 15.1. The molecule has 0 atom stereocenters. The van der Waals surface area contributed by atoms with Crippen molar-refractivity contribution in [1.82, 2.24) is 25.5 Å². The number of aryl methyl sites for hydroxylation is 1. The molecule has 128 valence electrons. The maximum Gasteiger partial charge on any atom is 0.230 e. The first-order valence-electron chi connectivity index (χ1n) is 7.61. The molecule has 0 fully saturated rings. The summed E-state index contributed by atoms with van der Waals surface area (Å²) < 4.78 is 1.63. The van der Waals surface area contributed by atoms with Crippen LogP contribution in [0.25, 0.3) is 5.69 Å². The van der Waals surface area contributed by atoms with Gasteiger partial charge in [-0.15, -0.1) is 5.10 Å². The van der Waals surface area contributed by atoms with Crippen LogP contribution in [-0.2, 0) is 11.3 Å². The van der Waals surface area contributed by atoms with Gasteiger partial charge in [0.1, 0.15) is 0 Å². The molecule has 0 spiro atoms. The fourth-order valence-electron chi connectivity index (χ4n) is 2.17. The molecular formula is C17H16ClN5OS. The number of halogens is 1. The van der Waals surface area contributed by atoms with Crippen LogP contribution < -0.4 is 5.32 Å². The Bertz CT molecular complexity index is 865. The summed E-state index contributed by atoms with van der Waals surface area (Å²) in [7, 11) is 0. The molecule has 0 aliphatic rings. The van der Waals surface area contributed by atoms with Crippen LogP contribution in [0.15, 0.2) is 53.7 Å². The number of hydrogen-bond acceptors (Lipinski definition) is 5. The minimum absolute atomic E-state index is 0.0845. The Kier molecular flexibility index (Phi) is 5.67. The van der Waals surface area contributed by atoms with Crippen LogP contribution in [0, 0.1) is 6.92 Å². The lowest BCUT2D eigenvalue weighted by atomic mass is 10.2. The van der Waals surface area contributed by atoms with Crippen LogP contribution in [-0.4, -0.2) is 31.9 Å². The van der Waals surface area contributed by atoms with Crippen LogP contribution in [0.2, 0.25) is 5.02 Å². The van der Waals surface area contributed by atoms with Gasteiger partial charge >= 0.3 is 0 Å². The van der Waals surface area contributed by atoms with E-state index in [1.54, 1.807) is 16.8 Å². The molecule has 0 aliphatic carbocycles. The van der Waals surface area contributed by atoms with Crippen molar-refractivity contribution in [2.24, 2.45) is 0 Å². The summed E-state index contributed by atoms with van der Waals surface area (Å²) in [5.41, 5.74) is 2.98. The summed E-state index contributed by atoms with van der Waals surface area (Å²) in [6.45, 7) is 2.46. The van der Waals surface area contributed by atoms with Crippen LogP contribution in [0.4, 0.5) is 0 Å². The summed E-state index contributed by atoms with van der Waals surface area (Å²) in [4.78, 5) is 12.0. The fraction of sp³-hybridized carbons (Fsp3) is 0.176. The first-order chi connectivity index (χ1) is 12.1. The normalized spacial score (nSPS) is 10.6. The van der Waals surface area contributed by atoms with Gasteiger partial charge in [-0.25, -0.2) is 0 Å². The molecule has 2 aromatic carbocycles. The highest BCUT2D eigenvalue weighted by molar-refractivity contribution is 7.99. The number of carbonyl (C=O) groups excluding carboxylic acids is 1. The molecule has 0 saturated carbocycles. The average Bonchev–Trinajstić information content (AvgIpc) is 3.08. The lowest BCUT2D eigenvalue weighted by Gasteiger charge is -2.06. The highest BCUT2D eigenvalue weighted by atomic mass is 35.5. The van der Waals surface area contributed by atoms with Crippen molar-refractivity contribution >= 4 is 29.3 Å². The maximum absolute atomic E-state index is 12.0. The van der Waals surface area contributed by atoms with Gasteiger partial charge in [-0.3, -0.25) is 4.79 Å². The summed E-state index contributed by atoms with van der Waals surface area (Å²) in [6.07, 6.45) is 0. The molecule has 25 heavy (non-hydrogen) atoms. The quantitative estimate of drug-likeness (QED) is 0.672. The highest BCUT2D eigenvalue weighted by Gasteiger charge is 2.11. The van der Waals surface area contributed by atoms with Gasteiger partial charge in [0, 0.05) is 11.6 Å². The molecule has 0 radical (unpaired) electrons. The fourth-order valence-corrected chi connectivity index (χ4v) is 3.02. The third-order valence-electron chi connectivity index (χ3n) is 3.42. The first-order valence-corrected chi connectivity index (χ1v) is 8.97. The zero-order chi connectivity index (χ0) is 17.6. The maximum atomic E-state index is 12.0. The second-order valence-electron chi connectivity index (χ2n) is 5.40. The van der Waals surface area contributed by atoms with E-state index in [0.717, 1.165) is 16.8 Å². The molecule has 3 rings (SSSR count). The molecule has 1 N–H and O–H groups in total. The monoisotopic (exact) mass is 373 g/mol. The first kappa shape index (κ1) is 17.4. The van der Waals surface area contributed by atoms with Gasteiger partial charge in [-0.1, -0.05) is 47.6 Å². The predicted octanol–water partition coefficient (Wildman–Crippen LogP) is 3.03. The molecule has 0 bridgehead atoms. The van der Waals surface area contributed by atoms with E-state index >= 15 is 0 Å². The molecule has 1 aromatic heterocycles. The third-order valence-corrected chi connectivity index (χ3v) is 4.59. The standard InChI is InChI=1S/C17H16ClN5OS/c1-12-3-2-4-15(9-12)23-17(20-21-22-23)25-11-16(24)19-10-13-5-7-14(18)8-6-13/h2-9H,10-11H2,1H3,(H,19,24). The number of tetrazole rings is 1. The lowest BCUT2D eigenvalue weighted by Crippen LogP contribution is -2.24. The van der Waals surface area contributed by atoms with Crippen molar-refractivity contribution in [3.63, 3.8) is 0 Å². The van der Waals surface area contributed by atoms with Crippen molar-refractivity contribution in [2.45, 2.75) is 18.6 Å². The number of amides is 1. The van der Waals surface area contributed by atoms with Crippen LogP contribution in [0.3, 0.4) is 0 Å². The number of nitrogens with zero attached hydrogens (tertiary/aromatic N) is 4. The van der Waals surface area contributed by atoms with Gasteiger partial charge in [-0.05, 0) is 52.7 Å².